The van der Waals surface area contributed by atoms with Gasteiger partial charge in [0.05, 0.1) is 0 Å². The molecule has 0 amide bonds. The van der Waals surface area contributed by atoms with Crippen LogP contribution in [-0.2, 0) is 6.42 Å². The van der Waals surface area contributed by atoms with Crippen LogP contribution >= 0.6 is 0 Å². The Morgan fingerprint density at radius 1 is 1.29 bits per heavy atom. The molecule has 5 heteroatoms. The van der Waals surface area contributed by atoms with Crippen LogP contribution < -0.4 is 5.73 Å². The van der Waals surface area contributed by atoms with Crippen LogP contribution in [0.2, 0.25) is 0 Å². The monoisotopic (exact) mass is 238 g/mol. The van der Waals surface area contributed by atoms with E-state index in [1.807, 2.05) is 0 Å². The van der Waals surface area contributed by atoms with Gasteiger partial charge in [0, 0.05) is 18.1 Å². The summed E-state index contributed by atoms with van der Waals surface area (Å²) in [4.78, 5) is 0. The van der Waals surface area contributed by atoms with E-state index < -0.39 is 5.92 Å². The lowest BCUT2D eigenvalue weighted by atomic mass is 10.1. The average molecular weight is 238 g/mol. The van der Waals surface area contributed by atoms with Crippen molar-refractivity contribution >= 4 is 5.82 Å². The minimum absolute atomic E-state index is 0.272. The van der Waals surface area contributed by atoms with Gasteiger partial charge in [-0.25, -0.2) is 8.78 Å². The highest BCUT2D eigenvalue weighted by Crippen LogP contribution is 2.24. The maximum Gasteiger partial charge on any atom is 0.249 e. The molecule has 0 saturated heterocycles. The number of benzene rings is 1. The minimum Gasteiger partial charge on any atom is -0.381 e. The van der Waals surface area contributed by atoms with Crippen molar-refractivity contribution in [3.05, 3.63) is 35.9 Å². The van der Waals surface area contributed by atoms with Gasteiger partial charge in [-0.15, -0.1) is 0 Å². The zero-order valence-electron chi connectivity index (χ0n) is 9.28. The van der Waals surface area contributed by atoms with Crippen LogP contribution in [0, 0.1) is 0 Å². The quantitative estimate of drug-likeness (QED) is 0.893. The third-order valence-electron chi connectivity index (χ3n) is 2.28. The molecule has 0 saturated carbocycles. The summed E-state index contributed by atoms with van der Waals surface area (Å²) in [5.74, 6) is -1.88. The fraction of sp³-hybridized carbons (Fsp3) is 0.250. The SMILES string of the molecule is CC(F)(F)Cc1ccc(-c2cc(N)no2)cc1. The van der Waals surface area contributed by atoms with Crippen molar-refractivity contribution in [1.82, 2.24) is 5.16 Å². The van der Waals surface area contributed by atoms with E-state index >= 15 is 0 Å². The molecule has 2 rings (SSSR count). The molecule has 0 atom stereocenters. The molecule has 0 aliphatic rings. The normalized spacial score (nSPS) is 11.7. The zero-order valence-corrected chi connectivity index (χ0v) is 9.28. The van der Waals surface area contributed by atoms with Crippen LogP contribution in [0.15, 0.2) is 34.9 Å². The second-order valence-corrected chi connectivity index (χ2v) is 4.06. The lowest BCUT2D eigenvalue weighted by Gasteiger charge is -2.09. The van der Waals surface area contributed by atoms with Crippen LogP contribution in [0.25, 0.3) is 11.3 Å². The second kappa shape index (κ2) is 4.16. The van der Waals surface area contributed by atoms with Gasteiger partial charge in [0.2, 0.25) is 5.92 Å². The van der Waals surface area contributed by atoms with Crippen LogP contribution in [0.3, 0.4) is 0 Å². The number of nitrogens with two attached hydrogens (primary N) is 1. The first-order valence-electron chi connectivity index (χ1n) is 5.13. The van der Waals surface area contributed by atoms with Crippen LogP contribution in [-0.4, -0.2) is 11.1 Å². The first kappa shape index (κ1) is 11.6. The van der Waals surface area contributed by atoms with Crippen LogP contribution in [0.4, 0.5) is 14.6 Å². The van der Waals surface area contributed by atoms with Crippen molar-refractivity contribution < 1.29 is 13.3 Å². The molecule has 1 heterocycles. The van der Waals surface area contributed by atoms with E-state index in [9.17, 15) is 8.78 Å². The van der Waals surface area contributed by atoms with E-state index in [1.165, 1.54) is 0 Å². The zero-order chi connectivity index (χ0) is 12.5. The Balaban J connectivity index is 2.19. The molecule has 0 fully saturated rings. The molecule has 0 unspecified atom stereocenters. The Morgan fingerprint density at radius 3 is 2.41 bits per heavy atom. The highest BCUT2D eigenvalue weighted by molar-refractivity contribution is 5.60. The Morgan fingerprint density at radius 2 is 1.94 bits per heavy atom. The number of hydrogen-bond acceptors (Lipinski definition) is 3. The summed E-state index contributed by atoms with van der Waals surface area (Å²) in [6.07, 6.45) is -0.272. The molecule has 2 aromatic rings. The van der Waals surface area contributed by atoms with E-state index in [4.69, 9.17) is 10.3 Å². The Kier molecular flexibility index (Phi) is 2.83. The van der Waals surface area contributed by atoms with Crippen molar-refractivity contribution in [3.63, 3.8) is 0 Å². The maximum absolute atomic E-state index is 12.8. The van der Waals surface area contributed by atoms with E-state index in [2.05, 4.69) is 5.16 Å². The second-order valence-electron chi connectivity index (χ2n) is 4.06. The van der Waals surface area contributed by atoms with Gasteiger partial charge in [0.25, 0.3) is 0 Å². The number of halogens is 2. The number of rotatable bonds is 3. The van der Waals surface area contributed by atoms with E-state index in [-0.39, 0.29) is 6.42 Å². The molecule has 17 heavy (non-hydrogen) atoms. The van der Waals surface area contributed by atoms with Gasteiger partial charge in [0.15, 0.2) is 11.6 Å². The third kappa shape index (κ3) is 3.03. The Bertz CT molecular complexity index is 500. The molecule has 0 aliphatic heterocycles. The van der Waals surface area contributed by atoms with Crippen LogP contribution in [0.5, 0.6) is 0 Å². The first-order valence-corrected chi connectivity index (χ1v) is 5.13. The molecular formula is C12H12F2N2O. The van der Waals surface area contributed by atoms with Gasteiger partial charge < -0.3 is 10.3 Å². The standard InChI is InChI=1S/C12H12F2N2O/c1-12(13,14)7-8-2-4-9(5-3-8)10-6-11(15)16-17-10/h2-6H,7H2,1H3,(H2,15,16). The molecule has 90 valence electrons. The van der Waals surface area contributed by atoms with Crippen molar-refractivity contribution in [2.24, 2.45) is 0 Å². The van der Waals surface area contributed by atoms with Gasteiger partial charge in [-0.1, -0.05) is 29.4 Å². The van der Waals surface area contributed by atoms with Gasteiger partial charge >= 0.3 is 0 Å². The van der Waals surface area contributed by atoms with Gasteiger partial charge in [-0.2, -0.15) is 0 Å². The molecule has 1 aromatic carbocycles. The summed E-state index contributed by atoms with van der Waals surface area (Å²) in [6, 6.07) is 8.29. The smallest absolute Gasteiger partial charge is 0.249 e. The number of alkyl halides is 2. The highest BCUT2D eigenvalue weighted by Gasteiger charge is 2.21. The number of aromatic nitrogens is 1. The van der Waals surface area contributed by atoms with Crippen molar-refractivity contribution in [2.45, 2.75) is 19.3 Å². The number of nitrogen functional groups attached to an aromatic ring is 1. The third-order valence-corrected chi connectivity index (χ3v) is 2.28. The van der Waals surface area contributed by atoms with Crippen molar-refractivity contribution in [2.75, 3.05) is 5.73 Å². The summed E-state index contributed by atoms with van der Waals surface area (Å²) in [7, 11) is 0. The predicted molar refractivity (Wildman–Crippen MR) is 60.7 cm³/mol. The van der Waals surface area contributed by atoms with Crippen molar-refractivity contribution in [1.29, 1.82) is 0 Å². The summed E-state index contributed by atoms with van der Waals surface area (Å²) in [6.45, 7) is 0.901. The number of anilines is 1. The van der Waals surface area contributed by atoms with E-state index in [0.717, 1.165) is 12.5 Å². The summed E-state index contributed by atoms with van der Waals surface area (Å²) < 4.78 is 30.5. The minimum atomic E-state index is -2.70. The molecule has 0 radical (unpaired) electrons. The van der Waals surface area contributed by atoms with Gasteiger partial charge in [-0.3, -0.25) is 0 Å². The molecule has 0 aliphatic carbocycles. The van der Waals surface area contributed by atoms with Gasteiger partial charge in [0.1, 0.15) is 0 Å². The van der Waals surface area contributed by atoms with Crippen molar-refractivity contribution in [3.8, 4) is 11.3 Å². The summed E-state index contributed by atoms with van der Waals surface area (Å²) in [5, 5.41) is 3.56. The molecular weight excluding hydrogens is 226 g/mol. The molecule has 2 N–H and O–H groups in total. The van der Waals surface area contributed by atoms with E-state index in [0.29, 0.717) is 17.1 Å². The average Bonchev–Trinajstić information content (AvgIpc) is 2.63. The predicted octanol–water partition coefficient (Wildman–Crippen LogP) is 3.12. The number of nitrogens with zero attached hydrogens (tertiary/aromatic N) is 1. The highest BCUT2D eigenvalue weighted by atomic mass is 19.3. The molecule has 0 bridgehead atoms. The summed E-state index contributed by atoms with van der Waals surface area (Å²) in [5.41, 5.74) is 6.76. The molecule has 3 nitrogen and oxygen atoms in total. The Hall–Kier alpha value is -1.91. The van der Waals surface area contributed by atoms with Crippen LogP contribution in [0.1, 0.15) is 12.5 Å². The lowest BCUT2D eigenvalue weighted by Crippen LogP contribution is -2.13. The topological polar surface area (TPSA) is 52.0 Å². The van der Waals surface area contributed by atoms with E-state index in [1.54, 1.807) is 30.3 Å². The largest absolute Gasteiger partial charge is 0.381 e. The first-order chi connectivity index (χ1) is 7.94. The lowest BCUT2D eigenvalue weighted by molar-refractivity contribution is 0.0226. The summed E-state index contributed by atoms with van der Waals surface area (Å²) >= 11 is 0. The molecule has 0 spiro atoms. The fourth-order valence-corrected chi connectivity index (χ4v) is 1.57. The molecule has 1 aromatic heterocycles. The number of hydrogen-bond donors (Lipinski definition) is 1. The maximum atomic E-state index is 12.8. The van der Waals surface area contributed by atoms with Gasteiger partial charge in [-0.05, 0) is 12.5 Å². The Labute approximate surface area is 97.2 Å². The fourth-order valence-electron chi connectivity index (χ4n) is 1.57.